The molecular formula is C15H23NO. The van der Waals surface area contributed by atoms with Gasteiger partial charge >= 0.3 is 0 Å². The molecule has 0 radical (unpaired) electrons. The lowest BCUT2D eigenvalue weighted by molar-refractivity contribution is 0.156. The minimum atomic E-state index is 0.557. The van der Waals surface area contributed by atoms with E-state index in [0.717, 1.165) is 18.8 Å². The van der Waals surface area contributed by atoms with Gasteiger partial charge in [0, 0.05) is 13.1 Å². The lowest BCUT2D eigenvalue weighted by Gasteiger charge is -2.38. The SMILES string of the molecule is COc1ccc(CNCC2(C)CCC2)cc1C. The van der Waals surface area contributed by atoms with E-state index in [1.54, 1.807) is 7.11 Å². The molecule has 94 valence electrons. The van der Waals surface area contributed by atoms with Crippen molar-refractivity contribution in [3.05, 3.63) is 29.3 Å². The fourth-order valence-corrected chi connectivity index (χ4v) is 2.52. The second kappa shape index (κ2) is 5.09. The summed E-state index contributed by atoms with van der Waals surface area (Å²) in [5.74, 6) is 0.972. The molecule has 0 aromatic heterocycles. The van der Waals surface area contributed by atoms with Gasteiger partial charge in [-0.15, -0.1) is 0 Å². The Labute approximate surface area is 104 Å². The van der Waals surface area contributed by atoms with Crippen LogP contribution in [0.1, 0.15) is 37.3 Å². The second-order valence-electron chi connectivity index (χ2n) is 5.57. The fourth-order valence-electron chi connectivity index (χ4n) is 2.52. The summed E-state index contributed by atoms with van der Waals surface area (Å²) in [6.45, 7) is 6.57. The molecular weight excluding hydrogens is 210 g/mol. The van der Waals surface area contributed by atoms with Crippen LogP contribution in [0.2, 0.25) is 0 Å². The predicted molar refractivity (Wildman–Crippen MR) is 71.4 cm³/mol. The Balaban J connectivity index is 1.84. The number of methoxy groups -OCH3 is 1. The van der Waals surface area contributed by atoms with E-state index < -0.39 is 0 Å². The molecule has 2 nitrogen and oxygen atoms in total. The molecule has 17 heavy (non-hydrogen) atoms. The van der Waals surface area contributed by atoms with Gasteiger partial charge in [0.1, 0.15) is 5.75 Å². The van der Waals surface area contributed by atoms with Crippen LogP contribution in [0.25, 0.3) is 0 Å². The van der Waals surface area contributed by atoms with Crippen molar-refractivity contribution >= 4 is 0 Å². The lowest BCUT2D eigenvalue weighted by atomic mass is 9.70. The van der Waals surface area contributed by atoms with E-state index in [0.29, 0.717) is 5.41 Å². The highest BCUT2D eigenvalue weighted by atomic mass is 16.5. The van der Waals surface area contributed by atoms with Gasteiger partial charge in [-0.1, -0.05) is 25.5 Å². The topological polar surface area (TPSA) is 21.3 Å². The van der Waals surface area contributed by atoms with Crippen LogP contribution in [-0.2, 0) is 6.54 Å². The van der Waals surface area contributed by atoms with Crippen LogP contribution in [0.5, 0.6) is 5.75 Å². The monoisotopic (exact) mass is 233 g/mol. The number of benzene rings is 1. The predicted octanol–water partition coefficient (Wildman–Crippen LogP) is 3.28. The summed E-state index contributed by atoms with van der Waals surface area (Å²) < 4.78 is 5.26. The molecule has 1 saturated carbocycles. The summed E-state index contributed by atoms with van der Waals surface area (Å²) >= 11 is 0. The van der Waals surface area contributed by atoms with Gasteiger partial charge in [-0.05, 0) is 42.4 Å². The summed E-state index contributed by atoms with van der Waals surface area (Å²) in [7, 11) is 1.72. The molecule has 2 heteroatoms. The standard InChI is InChI=1S/C15H23NO/c1-12-9-13(5-6-14(12)17-3)10-16-11-15(2)7-4-8-15/h5-6,9,16H,4,7-8,10-11H2,1-3H3. The third-order valence-corrected chi connectivity index (χ3v) is 3.90. The minimum Gasteiger partial charge on any atom is -0.496 e. The molecule has 0 unspecified atom stereocenters. The van der Waals surface area contributed by atoms with E-state index >= 15 is 0 Å². The summed E-state index contributed by atoms with van der Waals surface area (Å²) in [5, 5.41) is 3.57. The zero-order chi connectivity index (χ0) is 12.3. The molecule has 0 heterocycles. The van der Waals surface area contributed by atoms with Crippen LogP contribution < -0.4 is 10.1 Å². The average Bonchev–Trinajstić information content (AvgIpc) is 2.27. The highest BCUT2D eigenvalue weighted by molar-refractivity contribution is 5.36. The molecule has 1 aliphatic rings. The van der Waals surface area contributed by atoms with Crippen molar-refractivity contribution in [1.82, 2.24) is 5.32 Å². The Morgan fingerprint density at radius 3 is 2.65 bits per heavy atom. The number of rotatable bonds is 5. The van der Waals surface area contributed by atoms with Crippen molar-refractivity contribution in [1.29, 1.82) is 0 Å². The van der Waals surface area contributed by atoms with Gasteiger partial charge < -0.3 is 10.1 Å². The first-order valence-electron chi connectivity index (χ1n) is 6.47. The molecule has 0 atom stereocenters. The third-order valence-electron chi connectivity index (χ3n) is 3.90. The summed E-state index contributed by atoms with van der Waals surface area (Å²) in [5.41, 5.74) is 3.11. The normalized spacial score (nSPS) is 17.6. The number of hydrogen-bond donors (Lipinski definition) is 1. The molecule has 1 fully saturated rings. The van der Waals surface area contributed by atoms with Crippen LogP contribution in [0.3, 0.4) is 0 Å². The van der Waals surface area contributed by atoms with Crippen molar-refractivity contribution in [3.8, 4) is 5.75 Å². The van der Waals surface area contributed by atoms with Crippen LogP contribution in [-0.4, -0.2) is 13.7 Å². The van der Waals surface area contributed by atoms with E-state index in [1.807, 2.05) is 0 Å². The van der Waals surface area contributed by atoms with Gasteiger partial charge in [0.05, 0.1) is 7.11 Å². The summed E-state index contributed by atoms with van der Waals surface area (Å²) in [6.07, 6.45) is 4.16. The number of nitrogens with one attached hydrogen (secondary N) is 1. The van der Waals surface area contributed by atoms with Crippen molar-refractivity contribution in [2.24, 2.45) is 5.41 Å². The van der Waals surface area contributed by atoms with E-state index in [9.17, 15) is 0 Å². The Bertz CT molecular complexity index is 383. The Hall–Kier alpha value is -1.02. The maximum Gasteiger partial charge on any atom is 0.121 e. The molecule has 0 bridgehead atoms. The van der Waals surface area contributed by atoms with Crippen molar-refractivity contribution in [2.45, 2.75) is 39.7 Å². The Kier molecular flexibility index (Phi) is 3.72. The zero-order valence-electron chi connectivity index (χ0n) is 11.2. The van der Waals surface area contributed by atoms with Crippen LogP contribution in [0.4, 0.5) is 0 Å². The number of ether oxygens (including phenoxy) is 1. The van der Waals surface area contributed by atoms with E-state index in [2.05, 4.69) is 37.4 Å². The highest BCUT2D eigenvalue weighted by Gasteiger charge is 2.30. The minimum absolute atomic E-state index is 0.557. The maximum absolute atomic E-state index is 5.26. The molecule has 2 rings (SSSR count). The van der Waals surface area contributed by atoms with E-state index in [4.69, 9.17) is 4.74 Å². The third kappa shape index (κ3) is 3.01. The molecule has 1 aromatic rings. The maximum atomic E-state index is 5.26. The molecule has 0 aliphatic heterocycles. The molecule has 0 saturated heterocycles. The van der Waals surface area contributed by atoms with Crippen LogP contribution in [0.15, 0.2) is 18.2 Å². The Morgan fingerprint density at radius 2 is 2.12 bits per heavy atom. The van der Waals surface area contributed by atoms with E-state index in [-0.39, 0.29) is 0 Å². The largest absolute Gasteiger partial charge is 0.496 e. The smallest absolute Gasteiger partial charge is 0.121 e. The van der Waals surface area contributed by atoms with Crippen LogP contribution >= 0.6 is 0 Å². The molecule has 0 amide bonds. The van der Waals surface area contributed by atoms with Gasteiger partial charge in [0.25, 0.3) is 0 Å². The molecule has 0 spiro atoms. The molecule has 1 N–H and O–H groups in total. The summed E-state index contributed by atoms with van der Waals surface area (Å²) in [6, 6.07) is 6.40. The van der Waals surface area contributed by atoms with E-state index in [1.165, 1.54) is 30.4 Å². The first-order valence-corrected chi connectivity index (χ1v) is 6.47. The van der Waals surface area contributed by atoms with Gasteiger partial charge in [0.2, 0.25) is 0 Å². The first-order chi connectivity index (χ1) is 8.13. The van der Waals surface area contributed by atoms with Crippen LogP contribution in [0, 0.1) is 12.3 Å². The van der Waals surface area contributed by atoms with Gasteiger partial charge in [-0.3, -0.25) is 0 Å². The second-order valence-corrected chi connectivity index (χ2v) is 5.57. The quantitative estimate of drug-likeness (QED) is 0.842. The lowest BCUT2D eigenvalue weighted by Crippen LogP contribution is -2.36. The average molecular weight is 233 g/mol. The highest BCUT2D eigenvalue weighted by Crippen LogP contribution is 2.39. The van der Waals surface area contributed by atoms with Crippen molar-refractivity contribution in [3.63, 3.8) is 0 Å². The fraction of sp³-hybridized carbons (Fsp3) is 0.600. The summed E-state index contributed by atoms with van der Waals surface area (Å²) in [4.78, 5) is 0. The number of aryl methyl sites for hydroxylation is 1. The zero-order valence-corrected chi connectivity index (χ0v) is 11.2. The van der Waals surface area contributed by atoms with Crippen molar-refractivity contribution < 1.29 is 4.74 Å². The first kappa shape index (κ1) is 12.4. The van der Waals surface area contributed by atoms with Gasteiger partial charge in [-0.25, -0.2) is 0 Å². The number of hydrogen-bond acceptors (Lipinski definition) is 2. The van der Waals surface area contributed by atoms with Gasteiger partial charge in [-0.2, -0.15) is 0 Å². The molecule has 1 aromatic carbocycles. The molecule has 1 aliphatic carbocycles. The van der Waals surface area contributed by atoms with Gasteiger partial charge in [0.15, 0.2) is 0 Å². The Morgan fingerprint density at radius 1 is 1.35 bits per heavy atom. The van der Waals surface area contributed by atoms with Crippen molar-refractivity contribution in [2.75, 3.05) is 13.7 Å².